The average Bonchev–Trinajstić information content (AvgIpc) is 3.30. The first-order valence-corrected chi connectivity index (χ1v) is 11.8. The van der Waals surface area contributed by atoms with Crippen LogP contribution in [0.2, 0.25) is 0 Å². The van der Waals surface area contributed by atoms with Gasteiger partial charge in [-0.15, -0.1) is 0 Å². The van der Waals surface area contributed by atoms with Crippen molar-refractivity contribution in [2.75, 3.05) is 19.8 Å². The van der Waals surface area contributed by atoms with Crippen LogP contribution in [-0.2, 0) is 4.74 Å². The van der Waals surface area contributed by atoms with E-state index in [9.17, 15) is 4.79 Å². The molecule has 2 aromatic carbocycles. The maximum absolute atomic E-state index is 13.2. The lowest BCUT2D eigenvalue weighted by Crippen LogP contribution is -2.58. The second kappa shape index (κ2) is 8.20. The highest BCUT2D eigenvalue weighted by Gasteiger charge is 2.68. The Kier molecular flexibility index (Phi) is 5.50. The van der Waals surface area contributed by atoms with Gasteiger partial charge in [0.15, 0.2) is 0 Å². The van der Waals surface area contributed by atoms with Gasteiger partial charge in [-0.05, 0) is 71.8 Å². The topological polar surface area (TPSA) is 67.8 Å². The summed E-state index contributed by atoms with van der Waals surface area (Å²) < 4.78 is 12.0. The summed E-state index contributed by atoms with van der Waals surface area (Å²) in [7, 11) is 0. The maximum atomic E-state index is 13.2. The summed E-state index contributed by atoms with van der Waals surface area (Å²) in [4.78, 5) is 13.2. The number of ether oxygens (including phenoxy) is 2. The average molecular weight is 436 g/mol. The third-order valence-electron chi connectivity index (χ3n) is 8.36. The summed E-state index contributed by atoms with van der Waals surface area (Å²) in [5, 5.41) is 12.6. The van der Waals surface area contributed by atoms with Gasteiger partial charge in [0.2, 0.25) is 0 Å². The smallest absolute Gasteiger partial charge is 0.251 e. The number of fused-ring (bicyclic) bond motifs is 1. The molecule has 170 valence electrons. The zero-order valence-corrected chi connectivity index (χ0v) is 18.9. The second-order valence-electron chi connectivity index (χ2n) is 10.3. The molecule has 5 heteroatoms. The van der Waals surface area contributed by atoms with Gasteiger partial charge in [0.05, 0.1) is 12.7 Å². The molecule has 0 radical (unpaired) electrons. The number of carbonyl (C=O) groups excluding carboxylic acids is 1. The minimum atomic E-state index is -0.00452. The van der Waals surface area contributed by atoms with Gasteiger partial charge in [0.1, 0.15) is 12.4 Å². The van der Waals surface area contributed by atoms with E-state index >= 15 is 0 Å². The van der Waals surface area contributed by atoms with E-state index < -0.39 is 0 Å². The predicted molar refractivity (Wildman–Crippen MR) is 122 cm³/mol. The molecule has 2 aromatic rings. The van der Waals surface area contributed by atoms with Gasteiger partial charge in [-0.25, -0.2) is 0 Å². The van der Waals surface area contributed by atoms with Crippen molar-refractivity contribution in [3.05, 3.63) is 65.7 Å². The Morgan fingerprint density at radius 1 is 1.19 bits per heavy atom. The minimum absolute atomic E-state index is 0.00125. The van der Waals surface area contributed by atoms with Crippen molar-refractivity contribution in [2.45, 2.75) is 45.3 Å². The molecule has 5 rings (SSSR count). The van der Waals surface area contributed by atoms with Crippen LogP contribution in [0.25, 0.3) is 0 Å². The van der Waals surface area contributed by atoms with E-state index in [0.29, 0.717) is 18.4 Å². The highest BCUT2D eigenvalue weighted by molar-refractivity contribution is 5.94. The lowest BCUT2D eigenvalue weighted by Gasteiger charge is -2.53. The molecule has 1 saturated heterocycles. The quantitative estimate of drug-likeness (QED) is 0.707. The summed E-state index contributed by atoms with van der Waals surface area (Å²) in [6.45, 7) is 5.63. The van der Waals surface area contributed by atoms with E-state index in [2.05, 4.69) is 25.2 Å². The SMILES string of the molecule is CC1(C)[C@@H]2C[C@@H]3[C@@H](c4cccc(OCCO)c4)OCCC3(C2)[C@H]1NC(=O)c1ccccc1. The Labute approximate surface area is 190 Å². The summed E-state index contributed by atoms with van der Waals surface area (Å²) in [6, 6.07) is 17.7. The zero-order chi connectivity index (χ0) is 22.3. The molecule has 1 spiro atoms. The van der Waals surface area contributed by atoms with Crippen LogP contribution in [0.5, 0.6) is 5.75 Å². The van der Waals surface area contributed by atoms with Crippen LogP contribution < -0.4 is 10.1 Å². The van der Waals surface area contributed by atoms with Crippen molar-refractivity contribution in [3.63, 3.8) is 0 Å². The van der Waals surface area contributed by atoms with Crippen molar-refractivity contribution in [2.24, 2.45) is 22.7 Å². The Hall–Kier alpha value is -2.37. The summed E-state index contributed by atoms with van der Waals surface area (Å²) >= 11 is 0. The molecule has 32 heavy (non-hydrogen) atoms. The molecule has 0 aromatic heterocycles. The van der Waals surface area contributed by atoms with E-state index in [1.165, 1.54) is 0 Å². The first-order chi connectivity index (χ1) is 15.5. The number of nitrogens with one attached hydrogen (secondary N) is 1. The molecule has 3 aliphatic rings. The molecule has 1 heterocycles. The Balaban J connectivity index is 1.44. The van der Waals surface area contributed by atoms with Crippen molar-refractivity contribution in [1.29, 1.82) is 0 Å². The standard InChI is InChI=1S/C27H33NO4/c1-26(2)20-16-22-23(19-9-6-10-21(15-19)31-14-12-29)32-13-11-27(22,17-20)25(26)28-24(30)18-7-4-3-5-8-18/h3-10,15,20,22-23,25,29H,11-14,16-17H2,1-2H3,(H,28,30)/t20-,22-,23-,25+,27?/m1/s1. The lowest BCUT2D eigenvalue weighted by molar-refractivity contribution is -0.120. The predicted octanol–water partition coefficient (Wildman–Crippen LogP) is 4.37. The van der Waals surface area contributed by atoms with Gasteiger partial charge in [-0.3, -0.25) is 4.79 Å². The molecule has 2 aliphatic carbocycles. The summed E-state index contributed by atoms with van der Waals surface area (Å²) in [5.41, 5.74) is 1.94. The first kappa shape index (κ1) is 21.5. The number of hydrogen-bond donors (Lipinski definition) is 2. The monoisotopic (exact) mass is 435 g/mol. The van der Waals surface area contributed by atoms with Crippen LogP contribution in [0, 0.1) is 22.7 Å². The zero-order valence-electron chi connectivity index (χ0n) is 18.9. The lowest BCUT2D eigenvalue weighted by atomic mass is 9.58. The largest absolute Gasteiger partial charge is 0.491 e. The fourth-order valence-electron chi connectivity index (χ4n) is 6.87. The minimum Gasteiger partial charge on any atom is -0.491 e. The van der Waals surface area contributed by atoms with E-state index in [-0.39, 0.29) is 42.1 Å². The number of hydrogen-bond acceptors (Lipinski definition) is 4. The van der Waals surface area contributed by atoms with Gasteiger partial charge in [-0.2, -0.15) is 0 Å². The van der Waals surface area contributed by atoms with Crippen molar-refractivity contribution in [1.82, 2.24) is 5.32 Å². The Morgan fingerprint density at radius 3 is 2.78 bits per heavy atom. The summed E-state index contributed by atoms with van der Waals surface area (Å²) in [6.07, 6.45) is 3.25. The van der Waals surface area contributed by atoms with Crippen LogP contribution in [-0.4, -0.2) is 36.9 Å². The summed E-state index contributed by atoms with van der Waals surface area (Å²) in [5.74, 6) is 1.71. The van der Waals surface area contributed by atoms with Crippen LogP contribution >= 0.6 is 0 Å². The molecule has 2 N–H and O–H groups in total. The van der Waals surface area contributed by atoms with Crippen molar-refractivity contribution >= 4 is 5.91 Å². The molecule has 2 saturated carbocycles. The molecule has 1 aliphatic heterocycles. The van der Waals surface area contributed by atoms with E-state index in [1.54, 1.807) is 0 Å². The molecule has 5 nitrogen and oxygen atoms in total. The van der Waals surface area contributed by atoms with Gasteiger partial charge < -0.3 is 19.9 Å². The van der Waals surface area contributed by atoms with Crippen molar-refractivity contribution in [3.8, 4) is 5.75 Å². The van der Waals surface area contributed by atoms with Gasteiger partial charge in [0, 0.05) is 18.2 Å². The van der Waals surface area contributed by atoms with E-state index in [4.69, 9.17) is 14.6 Å². The molecule has 5 atom stereocenters. The fraction of sp³-hybridized carbons (Fsp3) is 0.519. The number of benzene rings is 2. The molecular formula is C27H33NO4. The highest BCUT2D eigenvalue weighted by atomic mass is 16.5. The van der Waals surface area contributed by atoms with Crippen LogP contribution in [0.4, 0.5) is 0 Å². The third kappa shape index (κ3) is 3.43. The number of amides is 1. The Morgan fingerprint density at radius 2 is 2.00 bits per heavy atom. The molecule has 1 amide bonds. The number of aliphatic hydroxyl groups is 1. The van der Waals surface area contributed by atoms with E-state index in [1.807, 2.05) is 48.5 Å². The van der Waals surface area contributed by atoms with Gasteiger partial charge >= 0.3 is 0 Å². The van der Waals surface area contributed by atoms with Gasteiger partial charge in [-0.1, -0.05) is 44.2 Å². The fourth-order valence-corrected chi connectivity index (χ4v) is 6.87. The van der Waals surface area contributed by atoms with Crippen LogP contribution in [0.15, 0.2) is 54.6 Å². The van der Waals surface area contributed by atoms with Crippen LogP contribution in [0.3, 0.4) is 0 Å². The maximum Gasteiger partial charge on any atom is 0.251 e. The number of carbonyl (C=O) groups is 1. The molecular weight excluding hydrogens is 402 g/mol. The number of aliphatic hydroxyl groups excluding tert-OH is 1. The van der Waals surface area contributed by atoms with Crippen LogP contribution in [0.1, 0.15) is 55.1 Å². The molecule has 2 bridgehead atoms. The Bertz CT molecular complexity index is 975. The number of rotatable bonds is 6. The molecule has 3 fully saturated rings. The molecule has 1 unspecified atom stereocenters. The first-order valence-electron chi connectivity index (χ1n) is 11.8. The highest BCUT2D eigenvalue weighted by Crippen LogP contribution is 2.70. The third-order valence-corrected chi connectivity index (χ3v) is 8.36. The van der Waals surface area contributed by atoms with E-state index in [0.717, 1.165) is 36.1 Å². The second-order valence-corrected chi connectivity index (χ2v) is 10.3. The van der Waals surface area contributed by atoms with Crippen molar-refractivity contribution < 1.29 is 19.4 Å². The van der Waals surface area contributed by atoms with Gasteiger partial charge in [0.25, 0.3) is 5.91 Å². The normalized spacial score (nSPS) is 32.3.